The van der Waals surface area contributed by atoms with Gasteiger partial charge in [-0.25, -0.2) is 0 Å². The average Bonchev–Trinajstić information content (AvgIpc) is 2.74. The summed E-state index contributed by atoms with van der Waals surface area (Å²) in [6, 6.07) is 14.3. The molecule has 2 aromatic carbocycles. The Hall–Kier alpha value is -1.54. The van der Waals surface area contributed by atoms with Gasteiger partial charge in [0, 0.05) is 40.7 Å². The quantitative estimate of drug-likeness (QED) is 0.756. The van der Waals surface area contributed by atoms with Crippen LogP contribution in [0, 0.1) is 17.8 Å². The molecule has 0 aliphatic carbocycles. The van der Waals surface area contributed by atoms with Crippen molar-refractivity contribution in [2.24, 2.45) is 5.92 Å². The zero-order valence-electron chi connectivity index (χ0n) is 15.8. The van der Waals surface area contributed by atoms with Crippen LogP contribution < -0.4 is 0 Å². The highest BCUT2D eigenvalue weighted by Gasteiger charge is 2.46. The van der Waals surface area contributed by atoms with Crippen LogP contribution in [0.25, 0.3) is 0 Å². The van der Waals surface area contributed by atoms with Gasteiger partial charge in [0.1, 0.15) is 5.60 Å². The zero-order valence-corrected chi connectivity index (χ0v) is 17.3. The fourth-order valence-corrected chi connectivity index (χ4v) is 4.58. The maximum atomic E-state index is 11.7. The monoisotopic (exact) mass is 415 g/mol. The molecule has 1 atom stereocenters. The summed E-state index contributed by atoms with van der Waals surface area (Å²) in [5, 5.41) is 12.9. The largest absolute Gasteiger partial charge is 0.369 e. The van der Waals surface area contributed by atoms with E-state index < -0.39 is 11.2 Å². The van der Waals surface area contributed by atoms with Gasteiger partial charge >= 0.3 is 0 Å². The van der Waals surface area contributed by atoms with Crippen molar-refractivity contribution in [1.82, 2.24) is 4.90 Å². The van der Waals surface area contributed by atoms with Crippen LogP contribution in [-0.2, 0) is 10.3 Å². The van der Waals surface area contributed by atoms with Crippen molar-refractivity contribution in [2.45, 2.75) is 24.0 Å². The Morgan fingerprint density at radius 1 is 1.00 bits per heavy atom. The van der Waals surface area contributed by atoms with Crippen LogP contribution in [0.15, 0.2) is 48.5 Å². The molecule has 2 bridgehead atoms. The SMILES string of the molecule is CO[C@]1(C#CC(O)(c2ccc(Cl)cc2)c2ccc(Cl)cc2)CN2CCC1CC2. The Morgan fingerprint density at radius 2 is 1.50 bits per heavy atom. The third-order valence-corrected chi connectivity index (χ3v) is 6.55. The lowest BCUT2D eigenvalue weighted by Gasteiger charge is -2.49. The number of fused-ring (bicyclic) bond motifs is 3. The van der Waals surface area contributed by atoms with Gasteiger partial charge in [0.25, 0.3) is 0 Å². The van der Waals surface area contributed by atoms with Gasteiger partial charge in [0.05, 0.1) is 0 Å². The van der Waals surface area contributed by atoms with Crippen molar-refractivity contribution in [3.8, 4) is 11.8 Å². The number of benzene rings is 2. The molecule has 3 aliphatic heterocycles. The Kier molecular flexibility index (Phi) is 5.44. The van der Waals surface area contributed by atoms with Gasteiger partial charge in [-0.2, -0.15) is 0 Å². The van der Waals surface area contributed by atoms with Crippen LogP contribution >= 0.6 is 23.2 Å². The fraction of sp³-hybridized carbons (Fsp3) is 0.391. The number of piperidine rings is 3. The molecular formula is C23H23Cl2NO2. The van der Waals surface area contributed by atoms with Crippen molar-refractivity contribution in [2.75, 3.05) is 26.7 Å². The lowest BCUT2D eigenvalue weighted by atomic mass is 9.75. The summed E-state index contributed by atoms with van der Waals surface area (Å²) in [6.07, 6.45) is 2.14. The molecule has 3 heterocycles. The lowest BCUT2D eigenvalue weighted by molar-refractivity contribution is -0.0964. The van der Waals surface area contributed by atoms with Crippen molar-refractivity contribution in [3.05, 3.63) is 69.7 Å². The van der Waals surface area contributed by atoms with E-state index in [1.165, 1.54) is 0 Å². The van der Waals surface area contributed by atoms with Crippen LogP contribution in [0.1, 0.15) is 24.0 Å². The number of halogens is 2. The predicted molar refractivity (Wildman–Crippen MR) is 113 cm³/mol. The molecule has 2 aromatic rings. The Morgan fingerprint density at radius 3 is 1.89 bits per heavy atom. The van der Waals surface area contributed by atoms with E-state index in [2.05, 4.69) is 16.7 Å². The van der Waals surface area contributed by atoms with Crippen LogP contribution in [-0.4, -0.2) is 42.4 Å². The minimum Gasteiger partial charge on any atom is -0.369 e. The highest BCUT2D eigenvalue weighted by atomic mass is 35.5. The van der Waals surface area contributed by atoms with Gasteiger partial charge in [-0.3, -0.25) is 4.90 Å². The van der Waals surface area contributed by atoms with Crippen molar-refractivity contribution in [3.63, 3.8) is 0 Å². The second-order valence-electron chi connectivity index (χ2n) is 7.62. The molecule has 3 saturated heterocycles. The molecule has 0 aromatic heterocycles. The van der Waals surface area contributed by atoms with Crippen molar-refractivity contribution in [1.29, 1.82) is 0 Å². The molecule has 0 saturated carbocycles. The van der Waals surface area contributed by atoms with E-state index in [4.69, 9.17) is 27.9 Å². The van der Waals surface area contributed by atoms with E-state index in [9.17, 15) is 5.11 Å². The third kappa shape index (κ3) is 3.56. The topological polar surface area (TPSA) is 32.7 Å². The second kappa shape index (κ2) is 7.71. The van der Waals surface area contributed by atoms with Crippen molar-refractivity contribution >= 4 is 23.2 Å². The number of rotatable bonds is 3. The Bertz CT molecular complexity index is 847. The van der Waals surface area contributed by atoms with Gasteiger partial charge in [0.2, 0.25) is 0 Å². The normalized spacial score (nSPS) is 26.6. The summed E-state index contributed by atoms with van der Waals surface area (Å²) in [6.45, 7) is 2.96. The molecule has 0 amide bonds. The van der Waals surface area contributed by atoms with Gasteiger partial charge in [-0.1, -0.05) is 59.3 Å². The molecule has 0 unspecified atom stereocenters. The van der Waals surface area contributed by atoms with E-state index in [1.807, 2.05) is 24.3 Å². The van der Waals surface area contributed by atoms with E-state index in [0.29, 0.717) is 27.1 Å². The van der Waals surface area contributed by atoms with Gasteiger partial charge in [-0.15, -0.1) is 0 Å². The van der Waals surface area contributed by atoms with Crippen LogP contribution in [0.3, 0.4) is 0 Å². The summed E-state index contributed by atoms with van der Waals surface area (Å²) in [4.78, 5) is 2.39. The summed E-state index contributed by atoms with van der Waals surface area (Å²) in [7, 11) is 1.72. The second-order valence-corrected chi connectivity index (χ2v) is 8.49. The predicted octanol–water partition coefficient (Wildman–Crippen LogP) is 4.34. The molecule has 146 valence electrons. The summed E-state index contributed by atoms with van der Waals surface area (Å²) in [5.41, 5.74) is -0.700. The first-order chi connectivity index (χ1) is 13.4. The molecule has 1 N–H and O–H groups in total. The smallest absolute Gasteiger partial charge is 0.176 e. The molecule has 3 aliphatic rings. The molecule has 0 spiro atoms. The highest BCUT2D eigenvalue weighted by Crippen LogP contribution is 2.38. The first-order valence-electron chi connectivity index (χ1n) is 9.51. The Labute approximate surface area is 176 Å². The highest BCUT2D eigenvalue weighted by molar-refractivity contribution is 6.30. The van der Waals surface area contributed by atoms with Crippen molar-refractivity contribution < 1.29 is 9.84 Å². The third-order valence-electron chi connectivity index (χ3n) is 6.05. The molecule has 3 fully saturated rings. The van der Waals surface area contributed by atoms with E-state index >= 15 is 0 Å². The van der Waals surface area contributed by atoms with E-state index in [-0.39, 0.29) is 0 Å². The number of aliphatic hydroxyl groups is 1. The first-order valence-corrected chi connectivity index (χ1v) is 10.3. The molecule has 3 nitrogen and oxygen atoms in total. The van der Waals surface area contributed by atoms with Crippen LogP contribution in [0.5, 0.6) is 0 Å². The minimum absolute atomic E-state index is 0.384. The van der Waals surface area contributed by atoms with Gasteiger partial charge < -0.3 is 9.84 Å². The maximum Gasteiger partial charge on any atom is 0.176 e. The first kappa shape index (κ1) is 19.8. The standard InChI is InChI=1S/C23H23Cl2NO2/c1-28-22(16-26-14-10-17(22)11-15-26)12-13-23(27,18-2-6-20(24)7-3-18)19-4-8-21(25)9-5-19/h2-9,17,27H,10-11,14-16H2,1H3/t22-/m1/s1. The lowest BCUT2D eigenvalue weighted by Crippen LogP contribution is -2.59. The number of methoxy groups -OCH3 is 1. The zero-order chi connectivity index (χ0) is 19.8. The summed E-state index contributed by atoms with van der Waals surface area (Å²) < 4.78 is 5.95. The molecule has 28 heavy (non-hydrogen) atoms. The molecule has 5 rings (SSSR count). The number of hydrogen-bond donors (Lipinski definition) is 1. The molecular weight excluding hydrogens is 393 g/mol. The average molecular weight is 416 g/mol. The van der Waals surface area contributed by atoms with Crippen LogP contribution in [0.4, 0.5) is 0 Å². The van der Waals surface area contributed by atoms with E-state index in [1.54, 1.807) is 31.4 Å². The molecule has 0 radical (unpaired) electrons. The van der Waals surface area contributed by atoms with Gasteiger partial charge in [-0.05, 0) is 50.2 Å². The fourth-order valence-electron chi connectivity index (χ4n) is 4.33. The minimum atomic E-state index is -1.48. The maximum absolute atomic E-state index is 11.7. The Balaban J connectivity index is 1.80. The molecule has 5 heteroatoms. The van der Waals surface area contributed by atoms with Gasteiger partial charge in [0.15, 0.2) is 5.60 Å². The number of ether oxygens (including phenoxy) is 1. The van der Waals surface area contributed by atoms with E-state index in [0.717, 1.165) is 32.5 Å². The summed E-state index contributed by atoms with van der Waals surface area (Å²) in [5.74, 6) is 6.92. The number of hydrogen-bond acceptors (Lipinski definition) is 3. The number of nitrogens with zero attached hydrogens (tertiary/aromatic N) is 1. The summed E-state index contributed by atoms with van der Waals surface area (Å²) >= 11 is 12.1. The van der Waals surface area contributed by atoms with Crippen LogP contribution in [0.2, 0.25) is 10.0 Å².